The molecule has 7 aromatic rings. The van der Waals surface area contributed by atoms with E-state index in [4.69, 9.17) is 0 Å². The molecule has 4 nitrogen and oxygen atoms in total. The number of hydrogen-bond donors (Lipinski definition) is 0. The number of benzene rings is 4. The Morgan fingerprint density at radius 1 is 0.780 bits per heavy atom. The van der Waals surface area contributed by atoms with Gasteiger partial charge in [0.15, 0.2) is 0 Å². The number of hydrogen-bond acceptors (Lipinski definition) is 3. The largest absolute Gasteiger partial charge is 3.00 e. The molecule has 0 spiro atoms. The second kappa shape index (κ2) is 11.7. The average molecular weight is 710 g/mol. The van der Waals surface area contributed by atoms with Gasteiger partial charge in [0.25, 0.3) is 0 Å². The van der Waals surface area contributed by atoms with E-state index in [-0.39, 0.29) is 20.1 Å². The third kappa shape index (κ3) is 4.86. The maximum Gasteiger partial charge on any atom is 3.00 e. The molecule has 0 fully saturated rings. The molecular weight excluding hydrogens is 681 g/mol. The fourth-order valence-corrected chi connectivity index (χ4v) is 5.65. The van der Waals surface area contributed by atoms with E-state index in [0.717, 1.165) is 23.5 Å². The number of aromatic nitrogens is 2. The number of anilines is 1. The van der Waals surface area contributed by atoms with Gasteiger partial charge in [0.2, 0.25) is 0 Å². The molecule has 0 saturated heterocycles. The van der Waals surface area contributed by atoms with E-state index in [1.54, 1.807) is 6.20 Å². The summed E-state index contributed by atoms with van der Waals surface area (Å²) >= 11 is 0. The van der Waals surface area contributed by atoms with Gasteiger partial charge in [-0.3, -0.25) is 0 Å². The summed E-state index contributed by atoms with van der Waals surface area (Å²) in [4.78, 5) is 8.70. The van der Waals surface area contributed by atoms with Gasteiger partial charge in [0.05, 0.1) is 0 Å². The summed E-state index contributed by atoms with van der Waals surface area (Å²) in [5.41, 5.74) is 6.95. The number of pyridine rings is 1. The molecular formula is C36H29IrN4. The van der Waals surface area contributed by atoms with Gasteiger partial charge in [-0.05, 0) is 65.5 Å². The predicted octanol–water partition coefficient (Wildman–Crippen LogP) is 8.70. The van der Waals surface area contributed by atoms with E-state index in [0.29, 0.717) is 0 Å². The van der Waals surface area contributed by atoms with Crippen LogP contribution in [0.2, 0.25) is 0 Å². The van der Waals surface area contributed by atoms with Gasteiger partial charge in [-0.2, -0.15) is 18.8 Å². The van der Waals surface area contributed by atoms with Crippen molar-refractivity contribution < 1.29 is 20.1 Å². The SMILES string of the molecule is CCCCN1C=CN(c2[c-]cc3c4ccccc4n4c5ccccc5c2c34)[CH-]1.[Ir+3].[c-]1ccccc1-c1ccccn1. The Kier molecular flexibility index (Phi) is 7.73. The number of rotatable bonds is 5. The van der Waals surface area contributed by atoms with Crippen molar-refractivity contribution in [2.75, 3.05) is 11.4 Å². The van der Waals surface area contributed by atoms with E-state index in [9.17, 15) is 0 Å². The summed E-state index contributed by atoms with van der Waals surface area (Å²) in [5.74, 6) is 0. The summed E-state index contributed by atoms with van der Waals surface area (Å²) in [6.07, 6.45) is 8.50. The fourth-order valence-electron chi connectivity index (χ4n) is 5.65. The van der Waals surface area contributed by atoms with E-state index >= 15 is 0 Å². The van der Waals surface area contributed by atoms with Crippen molar-refractivity contribution in [2.45, 2.75) is 19.8 Å². The van der Waals surface area contributed by atoms with Crippen LogP contribution in [0.3, 0.4) is 0 Å². The summed E-state index contributed by atoms with van der Waals surface area (Å²) in [6.45, 7) is 5.48. The average Bonchev–Trinajstić information content (AvgIpc) is 3.73. The minimum Gasteiger partial charge on any atom is -0.508 e. The second-order valence-electron chi connectivity index (χ2n) is 10.0. The molecule has 0 radical (unpaired) electrons. The molecule has 4 heterocycles. The monoisotopic (exact) mass is 710 g/mol. The number of fused-ring (bicyclic) bond motifs is 6. The molecule has 202 valence electrons. The van der Waals surface area contributed by atoms with Crippen molar-refractivity contribution >= 4 is 43.8 Å². The predicted molar refractivity (Wildman–Crippen MR) is 166 cm³/mol. The summed E-state index contributed by atoms with van der Waals surface area (Å²) in [6, 6.07) is 40.0. The van der Waals surface area contributed by atoms with Crippen molar-refractivity contribution in [1.82, 2.24) is 14.3 Å². The van der Waals surface area contributed by atoms with Crippen molar-refractivity contribution in [3.8, 4) is 11.3 Å². The van der Waals surface area contributed by atoms with Crippen molar-refractivity contribution in [1.29, 1.82) is 0 Å². The van der Waals surface area contributed by atoms with Crippen LogP contribution in [-0.4, -0.2) is 20.8 Å². The first-order valence-corrected chi connectivity index (χ1v) is 13.9. The maximum atomic E-state index is 4.22. The van der Waals surface area contributed by atoms with Crippen LogP contribution in [-0.2, 0) is 20.1 Å². The Morgan fingerprint density at radius 3 is 2.29 bits per heavy atom. The smallest absolute Gasteiger partial charge is 0.508 e. The number of nitrogens with zero attached hydrogens (tertiary/aromatic N) is 4. The van der Waals surface area contributed by atoms with Crippen molar-refractivity contribution in [2.24, 2.45) is 0 Å². The van der Waals surface area contributed by atoms with Gasteiger partial charge in [-0.1, -0.05) is 72.9 Å². The molecule has 1 aliphatic heterocycles. The molecule has 8 rings (SSSR count). The van der Waals surface area contributed by atoms with Crippen LogP contribution in [0.15, 0.2) is 116 Å². The minimum absolute atomic E-state index is 0. The van der Waals surface area contributed by atoms with E-state index in [1.807, 2.05) is 42.5 Å². The zero-order chi connectivity index (χ0) is 26.9. The Bertz CT molecular complexity index is 1890. The number of para-hydroxylation sites is 2. The van der Waals surface area contributed by atoms with Crippen LogP contribution >= 0.6 is 0 Å². The van der Waals surface area contributed by atoms with Crippen LogP contribution < -0.4 is 4.90 Å². The Hall–Kier alpha value is -4.18. The third-order valence-corrected chi connectivity index (χ3v) is 7.52. The fraction of sp³-hybridized carbons (Fsp3) is 0.111. The first-order chi connectivity index (χ1) is 19.8. The molecule has 41 heavy (non-hydrogen) atoms. The Balaban J connectivity index is 0.000000196. The van der Waals surface area contributed by atoms with Gasteiger partial charge in [0, 0.05) is 17.2 Å². The van der Waals surface area contributed by atoms with E-state index in [1.165, 1.54) is 50.9 Å². The normalized spacial score (nSPS) is 12.8. The standard InChI is InChI=1S/C25H21N3.C11H8N.Ir/c1-2-3-14-26-15-16-27(17-26)23-13-12-19-18-8-4-6-10-21(18)28-22-11-7-5-9-20(22)24(23)25(19)28;1-2-6-10(7-3-1)11-8-4-5-9-12-11;/h4-12,15-17H,2-3,14H2,1H3;1-6,8-9H;/q-2;-1;+3. The molecule has 0 N–H and O–H groups in total. The van der Waals surface area contributed by atoms with Gasteiger partial charge in [0.1, 0.15) is 0 Å². The third-order valence-electron chi connectivity index (χ3n) is 7.52. The topological polar surface area (TPSA) is 23.8 Å². The maximum absolute atomic E-state index is 4.22. The quantitative estimate of drug-likeness (QED) is 0.167. The molecule has 0 saturated carbocycles. The van der Waals surface area contributed by atoms with E-state index < -0.39 is 0 Å². The summed E-state index contributed by atoms with van der Waals surface area (Å²) in [5, 5.41) is 5.13. The Morgan fingerprint density at radius 2 is 1.54 bits per heavy atom. The van der Waals surface area contributed by atoms with Crippen molar-refractivity contribution in [3.05, 3.63) is 134 Å². The molecule has 3 aromatic heterocycles. The molecule has 5 heteroatoms. The number of unbranched alkanes of at least 4 members (excludes halogenated alkanes) is 1. The minimum atomic E-state index is 0. The second-order valence-corrected chi connectivity index (χ2v) is 10.0. The van der Waals surface area contributed by atoms with E-state index in [2.05, 4.69) is 112 Å². The van der Waals surface area contributed by atoms with Gasteiger partial charge in [-0.25, -0.2) is 0 Å². The Labute approximate surface area is 254 Å². The van der Waals surface area contributed by atoms with Gasteiger partial charge in [-0.15, -0.1) is 41.3 Å². The summed E-state index contributed by atoms with van der Waals surface area (Å²) < 4.78 is 2.42. The zero-order valence-corrected chi connectivity index (χ0v) is 25.2. The van der Waals surface area contributed by atoms with Crippen LogP contribution in [0.5, 0.6) is 0 Å². The van der Waals surface area contributed by atoms with Crippen LogP contribution in [0, 0.1) is 18.8 Å². The van der Waals surface area contributed by atoms with Crippen LogP contribution in [0.25, 0.3) is 49.4 Å². The molecule has 0 atom stereocenters. The van der Waals surface area contributed by atoms with Gasteiger partial charge >= 0.3 is 20.1 Å². The molecule has 1 aliphatic rings. The summed E-state index contributed by atoms with van der Waals surface area (Å²) in [7, 11) is 0. The molecule has 0 bridgehead atoms. The van der Waals surface area contributed by atoms with Gasteiger partial charge < -0.3 is 19.2 Å². The van der Waals surface area contributed by atoms with Crippen LogP contribution in [0.4, 0.5) is 5.69 Å². The first kappa shape index (κ1) is 27.0. The van der Waals surface area contributed by atoms with Crippen LogP contribution in [0.1, 0.15) is 19.8 Å². The first-order valence-electron chi connectivity index (χ1n) is 13.9. The molecule has 4 aromatic carbocycles. The van der Waals surface area contributed by atoms with Crippen molar-refractivity contribution in [3.63, 3.8) is 0 Å². The zero-order valence-electron chi connectivity index (χ0n) is 22.8. The molecule has 0 aliphatic carbocycles. The molecule has 0 unspecified atom stereocenters. The molecule has 0 amide bonds.